The Kier molecular flexibility index (Phi) is 4.39. The van der Waals surface area contributed by atoms with Gasteiger partial charge in [-0.1, -0.05) is 24.3 Å². The number of furan rings is 1. The summed E-state index contributed by atoms with van der Waals surface area (Å²) in [6.45, 7) is 0.316. The van der Waals surface area contributed by atoms with Gasteiger partial charge in [-0.3, -0.25) is 9.59 Å². The summed E-state index contributed by atoms with van der Waals surface area (Å²) in [4.78, 5) is 28.6. The summed E-state index contributed by atoms with van der Waals surface area (Å²) in [6, 6.07) is 13.7. The summed E-state index contributed by atoms with van der Waals surface area (Å²) in [6.07, 6.45) is 1.41. The largest absolute Gasteiger partial charge is 0.459 e. The standard InChI is InChI=1S/C22H16F2N2O3S/c23-15-8-7-14(17(24)12-15)13-25-18-5-2-1-4-16(18)22(21(25)28)26(9-11-30-22)20(27)19-6-3-10-29-19/h1-8,10,12H,9,11,13H2. The monoisotopic (exact) mass is 426 g/mol. The zero-order valence-electron chi connectivity index (χ0n) is 15.7. The molecule has 2 amide bonds. The quantitative estimate of drug-likeness (QED) is 0.632. The van der Waals surface area contributed by atoms with Gasteiger partial charge in [0, 0.05) is 29.5 Å². The number of carbonyl (C=O) groups is 2. The molecule has 0 N–H and O–H groups in total. The van der Waals surface area contributed by atoms with E-state index >= 15 is 0 Å². The molecule has 5 nitrogen and oxygen atoms in total. The summed E-state index contributed by atoms with van der Waals surface area (Å²) in [5.41, 5.74) is 1.49. The number of carbonyl (C=O) groups excluding carboxylic acids is 2. The zero-order valence-corrected chi connectivity index (χ0v) is 16.5. The maximum Gasteiger partial charge on any atom is 0.291 e. The van der Waals surface area contributed by atoms with E-state index < -0.39 is 16.5 Å². The van der Waals surface area contributed by atoms with Crippen molar-refractivity contribution in [1.82, 2.24) is 4.90 Å². The van der Waals surface area contributed by atoms with Crippen LogP contribution in [0.25, 0.3) is 0 Å². The Labute approximate surface area is 175 Å². The van der Waals surface area contributed by atoms with Gasteiger partial charge in [-0.05, 0) is 24.3 Å². The van der Waals surface area contributed by atoms with Crippen LogP contribution in [-0.4, -0.2) is 29.0 Å². The maximum atomic E-state index is 14.3. The van der Waals surface area contributed by atoms with Crippen LogP contribution in [0, 0.1) is 11.6 Å². The molecule has 1 aromatic heterocycles. The molecule has 0 saturated carbocycles. The number of benzene rings is 2. The number of nitrogens with zero attached hydrogens (tertiary/aromatic N) is 2. The Morgan fingerprint density at radius 1 is 1.13 bits per heavy atom. The molecule has 0 bridgehead atoms. The number of fused-ring (bicyclic) bond motifs is 2. The molecule has 2 aliphatic rings. The number of amides is 2. The van der Waals surface area contributed by atoms with Gasteiger partial charge in [0.2, 0.25) is 0 Å². The van der Waals surface area contributed by atoms with Crippen LogP contribution in [0.1, 0.15) is 21.7 Å². The molecule has 1 spiro atoms. The van der Waals surface area contributed by atoms with Crippen molar-refractivity contribution < 1.29 is 22.8 Å². The molecule has 152 valence electrons. The van der Waals surface area contributed by atoms with Crippen LogP contribution in [0.15, 0.2) is 65.3 Å². The second-order valence-electron chi connectivity index (χ2n) is 7.07. The molecule has 0 radical (unpaired) electrons. The first kappa shape index (κ1) is 18.9. The fourth-order valence-corrected chi connectivity index (χ4v) is 5.54. The van der Waals surface area contributed by atoms with Crippen molar-refractivity contribution in [2.75, 3.05) is 17.2 Å². The molecule has 2 aliphatic heterocycles. The minimum Gasteiger partial charge on any atom is -0.459 e. The van der Waals surface area contributed by atoms with Gasteiger partial charge in [0.15, 0.2) is 10.6 Å². The Hall–Kier alpha value is -3.13. The number of hydrogen-bond donors (Lipinski definition) is 0. The van der Waals surface area contributed by atoms with E-state index in [1.54, 1.807) is 24.3 Å². The van der Waals surface area contributed by atoms with Gasteiger partial charge in [-0.25, -0.2) is 8.78 Å². The van der Waals surface area contributed by atoms with Crippen LogP contribution in [0.4, 0.5) is 14.5 Å². The smallest absolute Gasteiger partial charge is 0.291 e. The second kappa shape index (κ2) is 6.98. The van der Waals surface area contributed by atoms with Gasteiger partial charge in [-0.2, -0.15) is 0 Å². The van der Waals surface area contributed by atoms with E-state index in [0.717, 1.165) is 12.1 Å². The highest BCUT2D eigenvalue weighted by Gasteiger charge is 2.59. The summed E-state index contributed by atoms with van der Waals surface area (Å²) in [7, 11) is 0. The van der Waals surface area contributed by atoms with Crippen molar-refractivity contribution in [1.29, 1.82) is 0 Å². The predicted molar refractivity (Wildman–Crippen MR) is 108 cm³/mol. The molecule has 30 heavy (non-hydrogen) atoms. The van der Waals surface area contributed by atoms with Crippen molar-refractivity contribution in [2.24, 2.45) is 0 Å². The fourth-order valence-electron chi connectivity index (χ4n) is 4.08. The van der Waals surface area contributed by atoms with Crippen LogP contribution in [0.2, 0.25) is 0 Å². The van der Waals surface area contributed by atoms with Crippen LogP contribution < -0.4 is 4.90 Å². The van der Waals surface area contributed by atoms with E-state index in [9.17, 15) is 18.4 Å². The van der Waals surface area contributed by atoms with Gasteiger partial charge >= 0.3 is 0 Å². The number of anilines is 1. The van der Waals surface area contributed by atoms with Gasteiger partial charge in [0.1, 0.15) is 11.6 Å². The molecular formula is C22H16F2N2O3S. The molecule has 1 atom stereocenters. The van der Waals surface area contributed by atoms with Gasteiger partial charge in [-0.15, -0.1) is 11.8 Å². The first-order valence-corrected chi connectivity index (χ1v) is 10.4. The molecule has 1 fully saturated rings. The molecule has 0 aliphatic carbocycles. The summed E-state index contributed by atoms with van der Waals surface area (Å²) < 4.78 is 32.9. The van der Waals surface area contributed by atoms with Gasteiger partial charge in [0.05, 0.1) is 18.5 Å². The fraction of sp³-hybridized carbons (Fsp3) is 0.182. The number of thioether (sulfide) groups is 1. The lowest BCUT2D eigenvalue weighted by molar-refractivity contribution is -0.123. The van der Waals surface area contributed by atoms with E-state index in [2.05, 4.69) is 0 Å². The lowest BCUT2D eigenvalue weighted by Gasteiger charge is -2.32. The van der Waals surface area contributed by atoms with Gasteiger partial charge in [0.25, 0.3) is 11.8 Å². The third kappa shape index (κ3) is 2.67. The zero-order chi connectivity index (χ0) is 20.9. The average Bonchev–Trinajstić information content (AvgIpc) is 3.47. The predicted octanol–water partition coefficient (Wildman–Crippen LogP) is 4.15. The van der Waals surface area contributed by atoms with E-state index in [4.69, 9.17) is 4.42 Å². The summed E-state index contributed by atoms with van der Waals surface area (Å²) >= 11 is 1.38. The normalized spacial score (nSPS) is 20.3. The Morgan fingerprint density at radius 2 is 1.97 bits per heavy atom. The van der Waals surface area contributed by atoms with Crippen molar-refractivity contribution in [3.63, 3.8) is 0 Å². The average molecular weight is 426 g/mol. The van der Waals surface area contributed by atoms with Crippen molar-refractivity contribution in [3.8, 4) is 0 Å². The highest BCUT2D eigenvalue weighted by atomic mass is 32.2. The Bertz CT molecular complexity index is 1150. The molecule has 5 rings (SSSR count). The molecule has 2 aromatic carbocycles. The third-order valence-corrected chi connectivity index (χ3v) is 6.84. The van der Waals surface area contributed by atoms with E-state index in [-0.39, 0.29) is 29.7 Å². The minimum absolute atomic E-state index is 0.0624. The number of para-hydroxylation sites is 1. The SMILES string of the molecule is O=C(c1ccco1)N1CCSC12C(=O)N(Cc1ccc(F)cc1F)c1ccccc12. The Balaban J connectivity index is 1.58. The summed E-state index contributed by atoms with van der Waals surface area (Å²) in [5.74, 6) is -1.36. The van der Waals surface area contributed by atoms with Gasteiger partial charge < -0.3 is 14.2 Å². The minimum atomic E-state index is -1.24. The van der Waals surface area contributed by atoms with Crippen LogP contribution in [0.3, 0.4) is 0 Å². The number of rotatable bonds is 3. The topological polar surface area (TPSA) is 53.8 Å². The highest BCUT2D eigenvalue weighted by molar-refractivity contribution is 8.01. The van der Waals surface area contributed by atoms with E-state index in [1.165, 1.54) is 33.9 Å². The third-order valence-electron chi connectivity index (χ3n) is 5.42. The molecule has 3 heterocycles. The molecule has 1 saturated heterocycles. The van der Waals surface area contributed by atoms with Crippen LogP contribution in [0.5, 0.6) is 0 Å². The number of halogens is 2. The van der Waals surface area contributed by atoms with E-state index in [0.29, 0.717) is 23.5 Å². The Morgan fingerprint density at radius 3 is 2.73 bits per heavy atom. The maximum absolute atomic E-state index is 14.3. The lowest BCUT2D eigenvalue weighted by Crippen LogP contribution is -2.50. The molecule has 1 unspecified atom stereocenters. The lowest BCUT2D eigenvalue weighted by atomic mass is 10.1. The number of hydrogen-bond acceptors (Lipinski definition) is 4. The van der Waals surface area contributed by atoms with Crippen LogP contribution in [-0.2, 0) is 16.2 Å². The van der Waals surface area contributed by atoms with Crippen molar-refractivity contribution in [2.45, 2.75) is 11.4 Å². The molecular weight excluding hydrogens is 410 g/mol. The van der Waals surface area contributed by atoms with Crippen LogP contribution >= 0.6 is 11.8 Å². The summed E-state index contributed by atoms with van der Waals surface area (Å²) in [5, 5.41) is 0. The highest BCUT2D eigenvalue weighted by Crippen LogP contribution is 2.54. The van der Waals surface area contributed by atoms with E-state index in [1.807, 2.05) is 12.1 Å². The van der Waals surface area contributed by atoms with Crippen molar-refractivity contribution in [3.05, 3.63) is 89.4 Å². The molecule has 8 heteroatoms. The molecule has 3 aromatic rings. The second-order valence-corrected chi connectivity index (χ2v) is 8.36. The first-order chi connectivity index (χ1) is 14.5. The van der Waals surface area contributed by atoms with Crippen molar-refractivity contribution >= 4 is 29.3 Å². The first-order valence-electron chi connectivity index (χ1n) is 9.37.